The van der Waals surface area contributed by atoms with Crippen molar-refractivity contribution in [1.29, 1.82) is 0 Å². The Kier molecular flexibility index (Phi) is 12.9. The van der Waals surface area contributed by atoms with Gasteiger partial charge in [-0.2, -0.15) is 0 Å². The fraction of sp³-hybridized carbons (Fsp3) is 0.944. The lowest BCUT2D eigenvalue weighted by molar-refractivity contribution is -0.309. The number of ketones is 1. The molecule has 4 heterocycles. The third-order valence-electron chi connectivity index (χ3n) is 11.9. The van der Waals surface area contributed by atoms with Crippen LogP contribution in [0.5, 0.6) is 0 Å². The number of aliphatic hydroxyl groups is 3. The Balaban J connectivity index is 1.81. The molecule has 14 heteroatoms. The van der Waals surface area contributed by atoms with Gasteiger partial charge in [0.2, 0.25) is 5.79 Å². The van der Waals surface area contributed by atoms with Crippen molar-refractivity contribution in [3.8, 4) is 0 Å². The van der Waals surface area contributed by atoms with Crippen LogP contribution in [-0.4, -0.2) is 145 Å². The van der Waals surface area contributed by atoms with Crippen molar-refractivity contribution in [2.24, 2.45) is 23.7 Å². The number of epoxide rings is 1. The van der Waals surface area contributed by atoms with Gasteiger partial charge in [0.05, 0.1) is 48.5 Å². The highest BCUT2D eigenvalue weighted by molar-refractivity contribution is 5.83. The summed E-state index contributed by atoms with van der Waals surface area (Å²) in [6.45, 7) is 15.2. The van der Waals surface area contributed by atoms with Gasteiger partial charge in [0.15, 0.2) is 12.6 Å². The van der Waals surface area contributed by atoms with Gasteiger partial charge in [-0.3, -0.25) is 9.59 Å². The zero-order valence-electron chi connectivity index (χ0n) is 32.2. The highest BCUT2D eigenvalue weighted by Gasteiger charge is 2.65. The number of cyclic esters (lactones) is 1. The smallest absolute Gasteiger partial charge is 0.311 e. The quantitative estimate of drug-likeness (QED) is 0.258. The lowest BCUT2D eigenvalue weighted by atomic mass is 9.74. The van der Waals surface area contributed by atoms with Gasteiger partial charge in [0.25, 0.3) is 0 Å². The number of esters is 1. The molecule has 0 aliphatic carbocycles. The van der Waals surface area contributed by atoms with Gasteiger partial charge >= 0.3 is 5.97 Å². The number of likely N-dealkylation sites (N-methyl/N-ethyl adjacent to an activating group) is 1. The number of hydrogen-bond acceptors (Lipinski definition) is 14. The van der Waals surface area contributed by atoms with E-state index in [-0.39, 0.29) is 43.0 Å². The SMILES string of the molecule is COC12C[C@H](O[C@H]3[C@H](C)[C@@H](O[C@@H]4O[C@H](C)CC(N(C)C)C4O)[C@](C)(OC)C[C@@H](C)C(=O)[C@H](C)[C@@H](O)[C@@](C)(O)[C@@H](C)OC(=O)[C@@H]3C)O[C@H](C)C1O2. The van der Waals surface area contributed by atoms with Crippen LogP contribution in [0.3, 0.4) is 0 Å². The first-order chi connectivity index (χ1) is 23.1. The minimum atomic E-state index is -1.95. The summed E-state index contributed by atoms with van der Waals surface area (Å²) in [5.74, 6) is -5.21. The topological polar surface area (TPSA) is 175 Å². The first-order valence-electron chi connectivity index (χ1n) is 18.0. The standard InChI is InChI=1S/C36H63NO13/c1-17-15-34(8,43-12)30(49-33-27(39)24(37(10)11)14-18(2)45-33)20(4)28(48-25-16-36(44-13)31(50-36)22(6)46-25)21(5)32(41)47-23(7)35(9,42)29(40)19(3)26(17)38/h17-25,27-31,33,39-40,42H,14-16H2,1-13H3/t17-,18-,19+,20+,21-,22-,23-,24?,25+,27?,28+,29-,30-,31?,33+,34-,35+,36?/m1/s1. The largest absolute Gasteiger partial charge is 0.459 e. The van der Waals surface area contributed by atoms with Crippen molar-refractivity contribution >= 4 is 11.8 Å². The maximum atomic E-state index is 14.0. The summed E-state index contributed by atoms with van der Waals surface area (Å²) in [5.41, 5.74) is -3.17. The van der Waals surface area contributed by atoms with Crippen LogP contribution in [0.4, 0.5) is 0 Å². The van der Waals surface area contributed by atoms with Crippen molar-refractivity contribution < 1.29 is 62.8 Å². The summed E-state index contributed by atoms with van der Waals surface area (Å²) in [4.78, 5) is 29.8. The number of Topliss-reactive ketones (excluding diaryl/α,β-unsaturated/α-hetero) is 1. The lowest BCUT2D eigenvalue weighted by Gasteiger charge is -2.49. The van der Waals surface area contributed by atoms with E-state index in [9.17, 15) is 24.9 Å². The summed E-state index contributed by atoms with van der Waals surface area (Å²) in [5, 5.41) is 34.3. The van der Waals surface area contributed by atoms with E-state index in [1.54, 1.807) is 27.9 Å². The maximum Gasteiger partial charge on any atom is 0.311 e. The molecule has 4 aliphatic rings. The molecule has 0 saturated carbocycles. The number of nitrogens with zero attached hydrogens (tertiary/aromatic N) is 1. The van der Waals surface area contributed by atoms with Crippen LogP contribution in [-0.2, 0) is 47.5 Å². The lowest BCUT2D eigenvalue weighted by Crippen LogP contribution is -2.60. The van der Waals surface area contributed by atoms with Crippen LogP contribution in [0, 0.1) is 23.7 Å². The molecule has 290 valence electrons. The number of hydrogen-bond donors (Lipinski definition) is 3. The highest BCUT2D eigenvalue weighted by atomic mass is 16.8. The van der Waals surface area contributed by atoms with Crippen LogP contribution in [0.1, 0.15) is 81.6 Å². The Labute approximate surface area is 297 Å². The molecule has 0 amide bonds. The van der Waals surface area contributed by atoms with E-state index in [2.05, 4.69) is 0 Å². The molecule has 4 rings (SSSR count). The minimum Gasteiger partial charge on any atom is -0.459 e. The summed E-state index contributed by atoms with van der Waals surface area (Å²) in [6, 6.07) is -0.265. The third-order valence-corrected chi connectivity index (χ3v) is 11.9. The number of carbonyl (C=O) groups excluding carboxylic acids is 2. The predicted octanol–water partition coefficient (Wildman–Crippen LogP) is 2.03. The van der Waals surface area contributed by atoms with Gasteiger partial charge in [0.1, 0.15) is 29.7 Å². The second-order valence-corrected chi connectivity index (χ2v) is 16.0. The fourth-order valence-corrected chi connectivity index (χ4v) is 8.30. The van der Waals surface area contributed by atoms with Crippen molar-refractivity contribution in [2.75, 3.05) is 28.3 Å². The zero-order valence-corrected chi connectivity index (χ0v) is 32.2. The Morgan fingerprint density at radius 1 is 0.880 bits per heavy atom. The van der Waals surface area contributed by atoms with Crippen LogP contribution in [0.15, 0.2) is 0 Å². The van der Waals surface area contributed by atoms with Crippen LogP contribution >= 0.6 is 0 Å². The second kappa shape index (κ2) is 15.6. The Hall–Kier alpha value is -1.30. The van der Waals surface area contributed by atoms with E-state index in [1.165, 1.54) is 21.0 Å². The van der Waals surface area contributed by atoms with Gasteiger partial charge in [-0.05, 0) is 68.5 Å². The van der Waals surface area contributed by atoms with Crippen molar-refractivity contribution in [2.45, 2.75) is 166 Å². The van der Waals surface area contributed by atoms with Gasteiger partial charge in [-0.15, -0.1) is 0 Å². The molecule has 4 saturated heterocycles. The normalized spacial score (nSPS) is 51.1. The molecule has 3 N–H and O–H groups in total. The van der Waals surface area contributed by atoms with E-state index in [1.807, 2.05) is 46.7 Å². The van der Waals surface area contributed by atoms with E-state index in [4.69, 9.17) is 37.9 Å². The number of fused-ring (bicyclic) bond motifs is 1. The summed E-state index contributed by atoms with van der Waals surface area (Å²) < 4.78 is 49.6. The highest BCUT2D eigenvalue weighted by Crippen LogP contribution is 2.49. The van der Waals surface area contributed by atoms with Crippen LogP contribution < -0.4 is 0 Å². The molecule has 18 atom stereocenters. The minimum absolute atomic E-state index is 0.131. The predicted molar refractivity (Wildman–Crippen MR) is 180 cm³/mol. The van der Waals surface area contributed by atoms with Crippen molar-refractivity contribution in [3.05, 3.63) is 0 Å². The second-order valence-electron chi connectivity index (χ2n) is 16.0. The summed E-state index contributed by atoms with van der Waals surface area (Å²) in [6.07, 6.45) is -7.49. The molecular formula is C36H63NO13. The molecule has 0 aromatic rings. The van der Waals surface area contributed by atoms with E-state index in [0.717, 1.165) is 0 Å². The molecule has 0 bridgehead atoms. The summed E-state index contributed by atoms with van der Waals surface area (Å²) >= 11 is 0. The number of aliphatic hydroxyl groups excluding tert-OH is 2. The first kappa shape index (κ1) is 41.5. The summed E-state index contributed by atoms with van der Waals surface area (Å²) in [7, 11) is 6.85. The van der Waals surface area contributed by atoms with Crippen molar-refractivity contribution in [3.63, 3.8) is 0 Å². The molecule has 0 aromatic heterocycles. The van der Waals surface area contributed by atoms with Gasteiger partial charge < -0.3 is 58.1 Å². The van der Waals surface area contributed by atoms with Crippen molar-refractivity contribution in [1.82, 2.24) is 4.90 Å². The molecule has 4 unspecified atom stereocenters. The van der Waals surface area contributed by atoms with E-state index in [0.29, 0.717) is 6.42 Å². The Bertz CT molecular complexity index is 1190. The Morgan fingerprint density at radius 2 is 1.52 bits per heavy atom. The molecule has 0 spiro atoms. The number of methoxy groups -OCH3 is 2. The monoisotopic (exact) mass is 717 g/mol. The van der Waals surface area contributed by atoms with Gasteiger partial charge in [-0.1, -0.05) is 20.8 Å². The molecule has 4 fully saturated rings. The first-order valence-corrected chi connectivity index (χ1v) is 18.0. The molecule has 0 aromatic carbocycles. The van der Waals surface area contributed by atoms with E-state index >= 15 is 0 Å². The number of ether oxygens (including phenoxy) is 8. The fourth-order valence-electron chi connectivity index (χ4n) is 8.30. The molecule has 4 aliphatic heterocycles. The third kappa shape index (κ3) is 8.10. The van der Waals surface area contributed by atoms with Gasteiger partial charge in [-0.25, -0.2) is 0 Å². The maximum absolute atomic E-state index is 14.0. The number of rotatable bonds is 7. The van der Waals surface area contributed by atoms with Crippen LogP contribution in [0.25, 0.3) is 0 Å². The van der Waals surface area contributed by atoms with Crippen LogP contribution in [0.2, 0.25) is 0 Å². The average Bonchev–Trinajstić information content (AvgIpc) is 3.80. The van der Waals surface area contributed by atoms with E-state index < -0.39 is 89.7 Å². The zero-order chi connectivity index (χ0) is 37.7. The Morgan fingerprint density at radius 3 is 2.10 bits per heavy atom. The molecule has 0 radical (unpaired) electrons. The molecule has 50 heavy (non-hydrogen) atoms. The average molecular weight is 718 g/mol. The van der Waals surface area contributed by atoms with Gasteiger partial charge in [0, 0.05) is 38.0 Å². The number of carbonyl (C=O) groups is 2. The molecule has 14 nitrogen and oxygen atoms in total. The molecular weight excluding hydrogens is 654 g/mol.